The van der Waals surface area contributed by atoms with Crippen LogP contribution in [0, 0.1) is 0 Å². The van der Waals surface area contributed by atoms with Gasteiger partial charge in [-0.3, -0.25) is 9.59 Å². The fraction of sp³-hybridized carbons (Fsp3) is 0.308. The van der Waals surface area contributed by atoms with E-state index in [1.165, 1.54) is 12.3 Å². The Morgan fingerprint density at radius 1 is 1.43 bits per heavy atom. The summed E-state index contributed by atoms with van der Waals surface area (Å²) >= 11 is 3.25. The predicted molar refractivity (Wildman–Crippen MR) is 81.0 cm³/mol. The number of amides is 2. The van der Waals surface area contributed by atoms with Crippen molar-refractivity contribution in [2.24, 2.45) is 5.10 Å². The molecular weight excluding hydrogens is 342 g/mol. The maximum absolute atomic E-state index is 11.4. The second-order valence-corrected chi connectivity index (χ2v) is 4.92. The summed E-state index contributed by atoms with van der Waals surface area (Å²) in [4.78, 5) is 22.8. The van der Waals surface area contributed by atoms with Crippen LogP contribution in [0.1, 0.15) is 12.0 Å². The van der Waals surface area contributed by atoms with E-state index in [4.69, 9.17) is 4.74 Å². The fourth-order valence-corrected chi connectivity index (χ4v) is 1.72. The van der Waals surface area contributed by atoms with Crippen LogP contribution in [0.15, 0.2) is 27.8 Å². The smallest absolute Gasteiger partial charge is 0.329 e. The summed E-state index contributed by atoms with van der Waals surface area (Å²) in [5.74, 6) is -1.64. The molecule has 0 heterocycles. The zero-order chi connectivity index (χ0) is 15.7. The molecule has 1 aromatic rings. The lowest BCUT2D eigenvalue weighted by Gasteiger charge is -2.03. The van der Waals surface area contributed by atoms with Gasteiger partial charge in [-0.1, -0.05) is 15.9 Å². The molecule has 0 radical (unpaired) electrons. The zero-order valence-electron chi connectivity index (χ0n) is 11.4. The van der Waals surface area contributed by atoms with Gasteiger partial charge in [0, 0.05) is 30.3 Å². The molecule has 2 amide bonds. The van der Waals surface area contributed by atoms with E-state index in [-0.39, 0.29) is 5.75 Å². The van der Waals surface area contributed by atoms with E-state index in [1.54, 1.807) is 19.2 Å². The number of carbonyl (C=O) groups excluding carboxylic acids is 2. The number of carbonyl (C=O) groups is 2. The van der Waals surface area contributed by atoms with E-state index in [1.807, 2.05) is 0 Å². The molecule has 0 aliphatic heterocycles. The van der Waals surface area contributed by atoms with Gasteiger partial charge < -0.3 is 15.2 Å². The van der Waals surface area contributed by atoms with Crippen LogP contribution in [-0.2, 0) is 14.3 Å². The monoisotopic (exact) mass is 357 g/mol. The third-order valence-electron chi connectivity index (χ3n) is 2.38. The third kappa shape index (κ3) is 6.37. The largest absolute Gasteiger partial charge is 0.507 e. The van der Waals surface area contributed by atoms with E-state index >= 15 is 0 Å². The van der Waals surface area contributed by atoms with Crippen LogP contribution in [0.5, 0.6) is 5.75 Å². The number of phenols is 1. The summed E-state index contributed by atoms with van der Waals surface area (Å²) < 4.78 is 5.57. The van der Waals surface area contributed by atoms with E-state index in [2.05, 4.69) is 31.8 Å². The number of phenolic OH excluding ortho intramolecular Hbond substituents is 1. The maximum Gasteiger partial charge on any atom is 0.329 e. The molecule has 0 unspecified atom stereocenters. The van der Waals surface area contributed by atoms with Crippen molar-refractivity contribution in [2.45, 2.75) is 6.42 Å². The Morgan fingerprint density at radius 2 is 2.19 bits per heavy atom. The normalized spacial score (nSPS) is 10.6. The number of benzene rings is 1. The Kier molecular flexibility index (Phi) is 7.41. The molecule has 0 bridgehead atoms. The van der Waals surface area contributed by atoms with Crippen molar-refractivity contribution in [1.82, 2.24) is 10.7 Å². The Hall–Kier alpha value is -1.93. The first-order chi connectivity index (χ1) is 10.0. The first-order valence-electron chi connectivity index (χ1n) is 6.13. The van der Waals surface area contributed by atoms with Crippen molar-refractivity contribution in [1.29, 1.82) is 0 Å². The summed E-state index contributed by atoms with van der Waals surface area (Å²) in [6, 6.07) is 4.77. The first-order valence-corrected chi connectivity index (χ1v) is 6.92. The number of rotatable bonds is 6. The van der Waals surface area contributed by atoms with E-state index in [0.29, 0.717) is 25.1 Å². The van der Waals surface area contributed by atoms with Crippen LogP contribution in [0.3, 0.4) is 0 Å². The van der Waals surface area contributed by atoms with Crippen LogP contribution < -0.4 is 10.7 Å². The second-order valence-electron chi connectivity index (χ2n) is 4.00. The van der Waals surface area contributed by atoms with Crippen molar-refractivity contribution in [2.75, 3.05) is 20.3 Å². The third-order valence-corrected chi connectivity index (χ3v) is 2.87. The standard InChI is InChI=1S/C13H16BrN3O4/c1-21-6-2-5-15-12(19)13(20)17-16-8-9-7-10(14)3-4-11(9)18/h3-4,7-8,18H,2,5-6H2,1H3,(H,15,19)(H,17,20)/b16-8+. The molecule has 0 aromatic heterocycles. The number of nitrogens with zero attached hydrogens (tertiary/aromatic N) is 1. The molecule has 0 fully saturated rings. The van der Waals surface area contributed by atoms with Gasteiger partial charge in [0.1, 0.15) is 5.75 Å². The van der Waals surface area contributed by atoms with Crippen molar-refractivity contribution >= 4 is 34.0 Å². The quantitative estimate of drug-likeness (QED) is 0.303. The van der Waals surface area contributed by atoms with Gasteiger partial charge in [0.2, 0.25) is 0 Å². The number of ether oxygens (including phenoxy) is 1. The number of aromatic hydroxyl groups is 1. The van der Waals surface area contributed by atoms with Crippen LogP contribution in [0.4, 0.5) is 0 Å². The molecule has 1 rings (SSSR count). The maximum atomic E-state index is 11.4. The highest BCUT2D eigenvalue weighted by Gasteiger charge is 2.11. The zero-order valence-corrected chi connectivity index (χ0v) is 13.0. The topological polar surface area (TPSA) is 100 Å². The lowest BCUT2D eigenvalue weighted by Crippen LogP contribution is -2.38. The van der Waals surface area contributed by atoms with Crippen LogP contribution >= 0.6 is 15.9 Å². The summed E-state index contributed by atoms with van der Waals surface area (Å²) in [5.41, 5.74) is 2.49. The molecule has 21 heavy (non-hydrogen) atoms. The van der Waals surface area contributed by atoms with Gasteiger partial charge in [0.25, 0.3) is 0 Å². The van der Waals surface area contributed by atoms with Crippen LogP contribution in [-0.4, -0.2) is 43.4 Å². The number of hydrogen-bond donors (Lipinski definition) is 3. The van der Waals surface area contributed by atoms with Gasteiger partial charge in [-0.2, -0.15) is 5.10 Å². The van der Waals surface area contributed by atoms with E-state index in [9.17, 15) is 14.7 Å². The molecule has 0 saturated heterocycles. The van der Waals surface area contributed by atoms with Crippen molar-refractivity contribution in [3.05, 3.63) is 28.2 Å². The summed E-state index contributed by atoms with van der Waals surface area (Å²) in [7, 11) is 1.56. The Bertz CT molecular complexity index is 534. The minimum Gasteiger partial charge on any atom is -0.507 e. The molecule has 0 spiro atoms. The summed E-state index contributed by atoms with van der Waals surface area (Å²) in [5, 5.41) is 15.6. The second kappa shape index (κ2) is 9.09. The van der Waals surface area contributed by atoms with Crippen LogP contribution in [0.2, 0.25) is 0 Å². The number of hydrogen-bond acceptors (Lipinski definition) is 5. The Labute approximate surface area is 130 Å². The first kappa shape index (κ1) is 17.1. The molecule has 1 aromatic carbocycles. The highest BCUT2D eigenvalue weighted by molar-refractivity contribution is 9.10. The Balaban J connectivity index is 2.43. The lowest BCUT2D eigenvalue weighted by atomic mass is 10.2. The minimum atomic E-state index is -0.877. The molecule has 8 heteroatoms. The summed E-state index contributed by atoms with van der Waals surface area (Å²) in [6.07, 6.45) is 1.86. The van der Waals surface area contributed by atoms with Crippen molar-refractivity contribution in [3.8, 4) is 5.75 Å². The molecular formula is C13H16BrN3O4. The number of hydrazone groups is 1. The predicted octanol–water partition coefficient (Wildman–Crippen LogP) is 0.758. The average molecular weight is 358 g/mol. The fourth-order valence-electron chi connectivity index (χ4n) is 1.34. The van der Waals surface area contributed by atoms with Crippen molar-refractivity contribution < 1.29 is 19.4 Å². The molecule has 0 atom stereocenters. The highest BCUT2D eigenvalue weighted by atomic mass is 79.9. The highest BCUT2D eigenvalue weighted by Crippen LogP contribution is 2.19. The van der Waals surface area contributed by atoms with Gasteiger partial charge in [-0.25, -0.2) is 5.43 Å². The lowest BCUT2D eigenvalue weighted by molar-refractivity contribution is -0.139. The van der Waals surface area contributed by atoms with Crippen LogP contribution in [0.25, 0.3) is 0 Å². The van der Waals surface area contributed by atoms with Gasteiger partial charge in [0.15, 0.2) is 0 Å². The van der Waals surface area contributed by atoms with Gasteiger partial charge in [-0.15, -0.1) is 0 Å². The molecule has 114 valence electrons. The number of halogens is 1. The Morgan fingerprint density at radius 3 is 2.90 bits per heavy atom. The molecule has 0 aliphatic rings. The van der Waals surface area contributed by atoms with Gasteiger partial charge >= 0.3 is 11.8 Å². The molecule has 7 nitrogen and oxygen atoms in total. The van der Waals surface area contributed by atoms with Crippen molar-refractivity contribution in [3.63, 3.8) is 0 Å². The molecule has 0 aliphatic carbocycles. The molecule has 3 N–H and O–H groups in total. The van der Waals surface area contributed by atoms with E-state index < -0.39 is 11.8 Å². The molecule has 0 saturated carbocycles. The number of nitrogens with one attached hydrogen (secondary N) is 2. The average Bonchev–Trinajstić information content (AvgIpc) is 2.46. The van der Waals surface area contributed by atoms with Gasteiger partial charge in [-0.05, 0) is 24.6 Å². The SMILES string of the molecule is COCCCNC(=O)C(=O)N/N=C/c1cc(Br)ccc1O. The van der Waals surface area contributed by atoms with E-state index in [0.717, 1.165) is 4.47 Å². The summed E-state index contributed by atoms with van der Waals surface area (Å²) in [6.45, 7) is 0.846. The number of methoxy groups -OCH3 is 1. The minimum absolute atomic E-state index is 0.0141. The van der Waals surface area contributed by atoms with Gasteiger partial charge in [0.05, 0.1) is 6.21 Å².